The van der Waals surface area contributed by atoms with Crippen LogP contribution in [0.4, 0.5) is 5.13 Å². The van der Waals surface area contributed by atoms with Crippen LogP contribution in [0.3, 0.4) is 0 Å². The number of aromatic nitrogens is 1. The minimum atomic E-state index is -0.165. The third kappa shape index (κ3) is 3.21. The second-order valence-corrected chi connectivity index (χ2v) is 10.3. The monoisotopic (exact) mass is 412 g/mol. The van der Waals surface area contributed by atoms with E-state index in [0.29, 0.717) is 5.13 Å². The molecule has 5 nitrogen and oxygen atoms in total. The molecule has 0 aliphatic heterocycles. The Morgan fingerprint density at radius 1 is 1.10 bits per heavy atom. The van der Waals surface area contributed by atoms with Gasteiger partial charge in [0.1, 0.15) is 11.5 Å². The molecule has 0 unspecified atom stereocenters. The fourth-order valence-electron chi connectivity index (χ4n) is 6.32. The minimum absolute atomic E-state index is 0.165. The highest BCUT2D eigenvalue weighted by molar-refractivity contribution is 7.16. The zero-order valence-electron chi connectivity index (χ0n) is 17.3. The molecule has 1 amide bonds. The standard InChI is InChI=1S/C23H28N2O3S/c1-13-20(18-9-17(27-2)4-5-19(18)28-3)24-22(29-13)25-21(26)23-10-14-6-15(11-23)8-16(7-14)12-23/h4-5,9,14-16H,6-8,10-12H2,1-3H3,(H,24,25,26). The van der Waals surface area contributed by atoms with Gasteiger partial charge in [0.2, 0.25) is 5.91 Å². The second kappa shape index (κ2) is 7.01. The molecular weight excluding hydrogens is 384 g/mol. The van der Waals surface area contributed by atoms with Gasteiger partial charge in [-0.2, -0.15) is 0 Å². The number of aryl methyl sites for hydroxylation is 1. The SMILES string of the molecule is COc1ccc(OC)c(-c2nc(NC(=O)C34CC5CC(CC(C5)C3)C4)sc2C)c1. The highest BCUT2D eigenvalue weighted by Crippen LogP contribution is 2.60. The number of benzene rings is 1. The van der Waals surface area contributed by atoms with Crippen molar-refractivity contribution in [2.75, 3.05) is 19.5 Å². The van der Waals surface area contributed by atoms with E-state index in [1.54, 1.807) is 14.2 Å². The van der Waals surface area contributed by atoms with Crippen molar-refractivity contribution in [2.24, 2.45) is 23.2 Å². The van der Waals surface area contributed by atoms with Crippen LogP contribution in [0.5, 0.6) is 11.5 Å². The Labute approximate surface area is 175 Å². The van der Waals surface area contributed by atoms with Crippen molar-refractivity contribution >= 4 is 22.4 Å². The summed E-state index contributed by atoms with van der Waals surface area (Å²) < 4.78 is 10.9. The normalized spacial score (nSPS) is 29.7. The summed E-state index contributed by atoms with van der Waals surface area (Å²) in [5.74, 6) is 3.95. The van der Waals surface area contributed by atoms with Crippen molar-refractivity contribution in [1.29, 1.82) is 0 Å². The lowest BCUT2D eigenvalue weighted by Gasteiger charge is -2.55. The number of amides is 1. The van der Waals surface area contributed by atoms with Crippen LogP contribution in [0.1, 0.15) is 43.4 Å². The van der Waals surface area contributed by atoms with E-state index in [1.165, 1.54) is 30.6 Å². The van der Waals surface area contributed by atoms with Crippen LogP contribution in [0.2, 0.25) is 0 Å². The van der Waals surface area contributed by atoms with Crippen LogP contribution in [-0.4, -0.2) is 25.1 Å². The molecule has 4 aliphatic rings. The van der Waals surface area contributed by atoms with Gasteiger partial charge in [0, 0.05) is 10.4 Å². The van der Waals surface area contributed by atoms with Crippen LogP contribution in [0.25, 0.3) is 11.3 Å². The molecule has 2 aromatic rings. The zero-order valence-corrected chi connectivity index (χ0v) is 18.1. The smallest absolute Gasteiger partial charge is 0.232 e. The Balaban J connectivity index is 1.41. The maximum atomic E-state index is 13.4. The minimum Gasteiger partial charge on any atom is -0.497 e. The summed E-state index contributed by atoms with van der Waals surface area (Å²) in [7, 11) is 3.30. The number of nitrogens with one attached hydrogen (secondary N) is 1. The Kier molecular flexibility index (Phi) is 4.57. The van der Waals surface area contributed by atoms with Gasteiger partial charge in [-0.15, -0.1) is 11.3 Å². The van der Waals surface area contributed by atoms with Gasteiger partial charge >= 0.3 is 0 Å². The number of ether oxygens (including phenoxy) is 2. The first kappa shape index (κ1) is 18.9. The lowest BCUT2D eigenvalue weighted by Crippen LogP contribution is -2.51. The number of anilines is 1. The number of methoxy groups -OCH3 is 2. The van der Waals surface area contributed by atoms with Crippen molar-refractivity contribution in [1.82, 2.24) is 4.98 Å². The average Bonchev–Trinajstić information content (AvgIpc) is 3.06. The lowest BCUT2D eigenvalue weighted by atomic mass is 9.49. The summed E-state index contributed by atoms with van der Waals surface area (Å²) >= 11 is 1.53. The summed E-state index contributed by atoms with van der Waals surface area (Å²) in [4.78, 5) is 19.2. The topological polar surface area (TPSA) is 60.5 Å². The molecule has 0 atom stereocenters. The van der Waals surface area contributed by atoms with E-state index in [-0.39, 0.29) is 11.3 Å². The fraction of sp³-hybridized carbons (Fsp3) is 0.565. The molecule has 4 bridgehead atoms. The maximum Gasteiger partial charge on any atom is 0.232 e. The summed E-state index contributed by atoms with van der Waals surface area (Å²) in [6.45, 7) is 2.03. The van der Waals surface area contributed by atoms with Crippen LogP contribution in [0.15, 0.2) is 18.2 Å². The number of carbonyl (C=O) groups excluding carboxylic acids is 1. The lowest BCUT2D eigenvalue weighted by molar-refractivity contribution is -0.140. The molecule has 0 radical (unpaired) electrons. The summed E-state index contributed by atoms with van der Waals surface area (Å²) in [6.07, 6.45) is 7.19. The number of nitrogens with zero attached hydrogens (tertiary/aromatic N) is 1. The first-order valence-corrected chi connectivity index (χ1v) is 11.3. The Morgan fingerprint density at radius 3 is 2.34 bits per heavy atom. The van der Waals surface area contributed by atoms with Gasteiger partial charge in [0.05, 0.1) is 25.3 Å². The number of carbonyl (C=O) groups is 1. The molecular formula is C23H28N2O3S. The molecule has 6 heteroatoms. The third-order valence-corrected chi connectivity index (χ3v) is 8.08. The molecule has 4 aliphatic carbocycles. The zero-order chi connectivity index (χ0) is 20.2. The summed E-state index contributed by atoms with van der Waals surface area (Å²) in [6, 6.07) is 5.70. The first-order chi connectivity index (χ1) is 14.0. The quantitative estimate of drug-likeness (QED) is 0.725. The third-order valence-electron chi connectivity index (χ3n) is 7.20. The van der Waals surface area contributed by atoms with E-state index >= 15 is 0 Å². The number of hydrogen-bond acceptors (Lipinski definition) is 5. The largest absolute Gasteiger partial charge is 0.497 e. The molecule has 4 saturated carbocycles. The van der Waals surface area contributed by atoms with Crippen molar-refractivity contribution < 1.29 is 14.3 Å². The van der Waals surface area contributed by atoms with E-state index < -0.39 is 0 Å². The molecule has 1 aromatic heterocycles. The Bertz CT molecular complexity index is 916. The van der Waals surface area contributed by atoms with E-state index in [9.17, 15) is 4.79 Å². The van der Waals surface area contributed by atoms with Crippen LogP contribution in [0, 0.1) is 30.1 Å². The van der Waals surface area contributed by atoms with E-state index in [4.69, 9.17) is 14.5 Å². The highest BCUT2D eigenvalue weighted by atomic mass is 32.1. The van der Waals surface area contributed by atoms with Crippen LogP contribution >= 0.6 is 11.3 Å². The van der Waals surface area contributed by atoms with Gasteiger partial charge in [-0.3, -0.25) is 4.79 Å². The van der Waals surface area contributed by atoms with Gasteiger partial charge in [-0.1, -0.05) is 0 Å². The fourth-order valence-corrected chi connectivity index (χ4v) is 7.14. The number of thiazole rings is 1. The molecule has 154 valence electrons. The van der Waals surface area contributed by atoms with Crippen molar-refractivity contribution in [3.8, 4) is 22.8 Å². The molecule has 0 spiro atoms. The molecule has 1 heterocycles. The molecule has 1 aromatic carbocycles. The van der Waals surface area contributed by atoms with Crippen LogP contribution in [-0.2, 0) is 4.79 Å². The first-order valence-electron chi connectivity index (χ1n) is 10.5. The van der Waals surface area contributed by atoms with Gasteiger partial charge < -0.3 is 14.8 Å². The predicted octanol–water partition coefficient (Wildman–Crippen LogP) is 5.29. The van der Waals surface area contributed by atoms with Crippen LogP contribution < -0.4 is 14.8 Å². The van der Waals surface area contributed by atoms with Gasteiger partial charge in [0.25, 0.3) is 0 Å². The average molecular weight is 413 g/mol. The Morgan fingerprint density at radius 2 is 1.76 bits per heavy atom. The predicted molar refractivity (Wildman–Crippen MR) is 115 cm³/mol. The van der Waals surface area contributed by atoms with Gasteiger partial charge in [-0.05, 0) is 81.4 Å². The van der Waals surface area contributed by atoms with Crippen molar-refractivity contribution in [3.05, 3.63) is 23.1 Å². The van der Waals surface area contributed by atoms with Crippen molar-refractivity contribution in [2.45, 2.75) is 45.4 Å². The van der Waals surface area contributed by atoms with Gasteiger partial charge in [0.15, 0.2) is 5.13 Å². The molecule has 0 saturated heterocycles. The summed E-state index contributed by atoms with van der Waals surface area (Å²) in [5, 5.41) is 3.88. The maximum absolute atomic E-state index is 13.4. The molecule has 29 heavy (non-hydrogen) atoms. The number of rotatable bonds is 5. The van der Waals surface area contributed by atoms with Gasteiger partial charge in [-0.25, -0.2) is 4.98 Å². The molecule has 4 fully saturated rings. The molecule has 1 N–H and O–H groups in total. The second-order valence-electron chi connectivity index (χ2n) is 9.14. The highest BCUT2D eigenvalue weighted by Gasteiger charge is 2.54. The Hall–Kier alpha value is -2.08. The summed E-state index contributed by atoms with van der Waals surface area (Å²) in [5.41, 5.74) is 1.56. The number of hydrogen-bond donors (Lipinski definition) is 1. The van der Waals surface area contributed by atoms with Crippen molar-refractivity contribution in [3.63, 3.8) is 0 Å². The van der Waals surface area contributed by atoms with E-state index in [2.05, 4.69) is 5.32 Å². The van der Waals surface area contributed by atoms with E-state index in [0.717, 1.165) is 64.6 Å². The molecule has 6 rings (SSSR count). The van der Waals surface area contributed by atoms with E-state index in [1.807, 2.05) is 25.1 Å².